The Bertz CT molecular complexity index is 207. The molecule has 0 heterocycles. The normalized spacial score (nSPS) is 25.7. The van der Waals surface area contributed by atoms with Crippen molar-refractivity contribution in [3.63, 3.8) is 0 Å². The molecule has 0 radical (unpaired) electrons. The standard InChI is InChI=1S/C14H26BrN/c1-16(10-13-6-5-7-13)12-14(11-15)8-3-2-4-9-14/h13H,2-12H2,1H3. The van der Waals surface area contributed by atoms with E-state index in [0.29, 0.717) is 5.41 Å². The molecular formula is C14H26BrN. The summed E-state index contributed by atoms with van der Waals surface area (Å²) in [6.07, 6.45) is 11.7. The first kappa shape index (κ1) is 12.9. The van der Waals surface area contributed by atoms with Crippen LogP contribution in [0.1, 0.15) is 51.4 Å². The van der Waals surface area contributed by atoms with E-state index in [0.717, 1.165) is 5.92 Å². The van der Waals surface area contributed by atoms with E-state index >= 15 is 0 Å². The molecule has 0 saturated heterocycles. The van der Waals surface area contributed by atoms with Gasteiger partial charge in [0.05, 0.1) is 0 Å². The van der Waals surface area contributed by atoms with Crippen LogP contribution in [-0.2, 0) is 0 Å². The monoisotopic (exact) mass is 287 g/mol. The zero-order valence-corrected chi connectivity index (χ0v) is 12.3. The largest absolute Gasteiger partial charge is 0.306 e. The van der Waals surface area contributed by atoms with Crippen LogP contribution in [0.3, 0.4) is 0 Å². The average molecular weight is 288 g/mol. The molecule has 2 fully saturated rings. The Kier molecular flexibility index (Phi) is 4.72. The summed E-state index contributed by atoms with van der Waals surface area (Å²) in [6, 6.07) is 0. The molecular weight excluding hydrogens is 262 g/mol. The smallest absolute Gasteiger partial charge is 0.0100 e. The second-order valence-electron chi connectivity index (χ2n) is 6.19. The summed E-state index contributed by atoms with van der Waals surface area (Å²) in [4.78, 5) is 2.61. The molecule has 2 aliphatic rings. The van der Waals surface area contributed by atoms with E-state index < -0.39 is 0 Å². The molecule has 0 bridgehead atoms. The van der Waals surface area contributed by atoms with Crippen molar-refractivity contribution in [2.24, 2.45) is 11.3 Å². The molecule has 0 aliphatic heterocycles. The Balaban J connectivity index is 1.79. The van der Waals surface area contributed by atoms with Crippen LogP contribution in [0.15, 0.2) is 0 Å². The highest BCUT2D eigenvalue weighted by Gasteiger charge is 2.32. The highest BCUT2D eigenvalue weighted by molar-refractivity contribution is 9.09. The molecule has 0 unspecified atom stereocenters. The second-order valence-corrected chi connectivity index (χ2v) is 6.75. The third-order valence-electron chi connectivity index (χ3n) is 4.60. The Morgan fingerprint density at radius 1 is 1.12 bits per heavy atom. The van der Waals surface area contributed by atoms with Gasteiger partial charge < -0.3 is 4.90 Å². The number of hydrogen-bond donors (Lipinski definition) is 0. The number of halogens is 1. The second kappa shape index (κ2) is 5.86. The van der Waals surface area contributed by atoms with Crippen molar-refractivity contribution in [1.29, 1.82) is 0 Å². The van der Waals surface area contributed by atoms with Crippen LogP contribution in [0.4, 0.5) is 0 Å². The molecule has 0 spiro atoms. The van der Waals surface area contributed by atoms with E-state index in [1.54, 1.807) is 0 Å². The van der Waals surface area contributed by atoms with Crippen LogP contribution < -0.4 is 0 Å². The van der Waals surface area contributed by atoms with Crippen LogP contribution in [0.5, 0.6) is 0 Å². The summed E-state index contributed by atoms with van der Waals surface area (Å²) in [5.41, 5.74) is 0.594. The molecule has 2 rings (SSSR count). The zero-order chi connectivity index (χ0) is 11.4. The minimum atomic E-state index is 0.594. The first-order valence-electron chi connectivity index (χ1n) is 6.99. The number of alkyl halides is 1. The quantitative estimate of drug-likeness (QED) is 0.689. The predicted octanol–water partition coefficient (Wildman–Crippen LogP) is 4.06. The van der Waals surface area contributed by atoms with Gasteiger partial charge in [-0.25, -0.2) is 0 Å². The summed E-state index contributed by atoms with van der Waals surface area (Å²) >= 11 is 3.77. The van der Waals surface area contributed by atoms with Gasteiger partial charge in [0.2, 0.25) is 0 Å². The summed E-state index contributed by atoms with van der Waals surface area (Å²) < 4.78 is 0. The van der Waals surface area contributed by atoms with Gasteiger partial charge in [-0.05, 0) is 44.1 Å². The van der Waals surface area contributed by atoms with Gasteiger partial charge in [0.15, 0.2) is 0 Å². The minimum Gasteiger partial charge on any atom is -0.306 e. The highest BCUT2D eigenvalue weighted by atomic mass is 79.9. The van der Waals surface area contributed by atoms with E-state index in [-0.39, 0.29) is 0 Å². The fourth-order valence-corrected chi connectivity index (χ4v) is 4.13. The van der Waals surface area contributed by atoms with Crippen LogP contribution in [0.25, 0.3) is 0 Å². The van der Waals surface area contributed by atoms with Gasteiger partial charge in [0, 0.05) is 18.4 Å². The lowest BCUT2D eigenvalue weighted by atomic mass is 9.75. The lowest BCUT2D eigenvalue weighted by Crippen LogP contribution is -2.41. The summed E-state index contributed by atoms with van der Waals surface area (Å²) in [5, 5.41) is 1.20. The van der Waals surface area contributed by atoms with Crippen molar-refractivity contribution in [2.75, 3.05) is 25.5 Å². The zero-order valence-electron chi connectivity index (χ0n) is 10.7. The molecule has 2 aliphatic carbocycles. The van der Waals surface area contributed by atoms with Crippen LogP contribution in [0, 0.1) is 11.3 Å². The molecule has 0 atom stereocenters. The first-order chi connectivity index (χ1) is 7.74. The van der Waals surface area contributed by atoms with Gasteiger partial charge in [-0.2, -0.15) is 0 Å². The average Bonchev–Trinajstić information content (AvgIpc) is 2.25. The Hall–Kier alpha value is 0.440. The maximum atomic E-state index is 3.77. The maximum absolute atomic E-state index is 3.77. The first-order valence-corrected chi connectivity index (χ1v) is 8.11. The van der Waals surface area contributed by atoms with Crippen molar-refractivity contribution < 1.29 is 0 Å². The van der Waals surface area contributed by atoms with Crippen molar-refractivity contribution in [1.82, 2.24) is 4.90 Å². The topological polar surface area (TPSA) is 3.24 Å². The fourth-order valence-electron chi connectivity index (χ4n) is 3.39. The van der Waals surface area contributed by atoms with E-state index in [1.165, 1.54) is 69.8 Å². The molecule has 0 aromatic rings. The lowest BCUT2D eigenvalue weighted by Gasteiger charge is -2.40. The molecule has 94 valence electrons. The Morgan fingerprint density at radius 3 is 2.31 bits per heavy atom. The van der Waals surface area contributed by atoms with Gasteiger partial charge >= 0.3 is 0 Å². The minimum absolute atomic E-state index is 0.594. The Labute approximate surface area is 109 Å². The fraction of sp³-hybridized carbons (Fsp3) is 1.00. The molecule has 2 saturated carbocycles. The highest BCUT2D eigenvalue weighted by Crippen LogP contribution is 2.39. The number of nitrogens with zero attached hydrogens (tertiary/aromatic N) is 1. The third kappa shape index (κ3) is 3.22. The van der Waals surface area contributed by atoms with Gasteiger partial charge in [-0.15, -0.1) is 0 Å². The van der Waals surface area contributed by atoms with Gasteiger partial charge in [-0.3, -0.25) is 0 Å². The number of hydrogen-bond acceptors (Lipinski definition) is 1. The third-order valence-corrected chi connectivity index (χ3v) is 5.79. The van der Waals surface area contributed by atoms with Crippen molar-refractivity contribution in [3.8, 4) is 0 Å². The molecule has 0 amide bonds. The van der Waals surface area contributed by atoms with Crippen molar-refractivity contribution in [3.05, 3.63) is 0 Å². The van der Waals surface area contributed by atoms with E-state index in [2.05, 4.69) is 27.9 Å². The summed E-state index contributed by atoms with van der Waals surface area (Å²) in [6.45, 7) is 2.66. The Morgan fingerprint density at radius 2 is 1.81 bits per heavy atom. The SMILES string of the molecule is CN(CC1CCC1)CC1(CBr)CCCCC1. The van der Waals surface area contributed by atoms with Gasteiger partial charge in [0.1, 0.15) is 0 Å². The summed E-state index contributed by atoms with van der Waals surface area (Å²) in [7, 11) is 2.33. The van der Waals surface area contributed by atoms with E-state index in [9.17, 15) is 0 Å². The summed E-state index contributed by atoms with van der Waals surface area (Å²) in [5.74, 6) is 1.01. The van der Waals surface area contributed by atoms with Crippen LogP contribution in [-0.4, -0.2) is 30.4 Å². The maximum Gasteiger partial charge on any atom is 0.0100 e. The van der Waals surface area contributed by atoms with Crippen LogP contribution in [0.2, 0.25) is 0 Å². The molecule has 0 aromatic heterocycles. The van der Waals surface area contributed by atoms with E-state index in [4.69, 9.17) is 0 Å². The molecule has 2 heteroatoms. The van der Waals surface area contributed by atoms with Crippen LogP contribution >= 0.6 is 15.9 Å². The van der Waals surface area contributed by atoms with Crippen molar-refractivity contribution >= 4 is 15.9 Å². The molecule has 0 aromatic carbocycles. The molecule has 1 nitrogen and oxygen atoms in total. The van der Waals surface area contributed by atoms with Gasteiger partial charge in [-0.1, -0.05) is 41.6 Å². The molecule has 0 N–H and O–H groups in total. The number of rotatable bonds is 5. The lowest BCUT2D eigenvalue weighted by molar-refractivity contribution is 0.117. The predicted molar refractivity (Wildman–Crippen MR) is 74.2 cm³/mol. The molecule has 16 heavy (non-hydrogen) atoms. The van der Waals surface area contributed by atoms with E-state index in [1.807, 2.05) is 0 Å². The van der Waals surface area contributed by atoms with Crippen molar-refractivity contribution in [2.45, 2.75) is 51.4 Å². The van der Waals surface area contributed by atoms with Gasteiger partial charge in [0.25, 0.3) is 0 Å².